The molecule has 4 nitrogen and oxygen atoms in total. The number of sulfonamides is 1. The summed E-state index contributed by atoms with van der Waals surface area (Å²) in [6.07, 6.45) is 3.42. The second-order valence-corrected chi connectivity index (χ2v) is 9.95. The molecule has 0 spiro atoms. The molecule has 1 fully saturated rings. The molecule has 0 radical (unpaired) electrons. The van der Waals surface area contributed by atoms with Crippen molar-refractivity contribution in [3.05, 3.63) is 51.5 Å². The lowest BCUT2D eigenvalue weighted by atomic mass is 9.85. The zero-order valence-electron chi connectivity index (χ0n) is 15.0. The number of aliphatic hydroxyl groups is 1. The van der Waals surface area contributed by atoms with Gasteiger partial charge < -0.3 is 5.11 Å². The van der Waals surface area contributed by atoms with E-state index in [1.165, 1.54) is 18.2 Å². The Balaban J connectivity index is 1.84. The quantitative estimate of drug-likeness (QED) is 0.773. The summed E-state index contributed by atoms with van der Waals surface area (Å²) < 4.78 is 41.5. The largest absolute Gasteiger partial charge is 0.388 e. The molecule has 2 aromatic rings. The van der Waals surface area contributed by atoms with Crippen LogP contribution in [0.2, 0.25) is 0 Å². The summed E-state index contributed by atoms with van der Waals surface area (Å²) in [5.41, 5.74) is 0.157. The number of thiophene rings is 1. The average molecular weight is 398 g/mol. The van der Waals surface area contributed by atoms with Gasteiger partial charge >= 0.3 is 0 Å². The van der Waals surface area contributed by atoms with Gasteiger partial charge in [-0.2, -0.15) is 0 Å². The van der Waals surface area contributed by atoms with E-state index in [9.17, 15) is 17.9 Å². The first kappa shape index (κ1) is 19.5. The predicted molar refractivity (Wildman–Crippen MR) is 101 cm³/mol. The molecule has 0 amide bonds. The monoisotopic (exact) mass is 397 g/mol. The van der Waals surface area contributed by atoms with Crippen LogP contribution < -0.4 is 4.72 Å². The van der Waals surface area contributed by atoms with Gasteiger partial charge in [0.25, 0.3) is 0 Å². The van der Waals surface area contributed by atoms with Gasteiger partial charge in [0.15, 0.2) is 0 Å². The maximum Gasteiger partial charge on any atom is 0.240 e. The first-order valence-corrected chi connectivity index (χ1v) is 11.1. The number of aliphatic hydroxyl groups excluding tert-OH is 1. The summed E-state index contributed by atoms with van der Waals surface area (Å²) in [6.45, 7) is 3.64. The summed E-state index contributed by atoms with van der Waals surface area (Å²) in [4.78, 5) is 2.12. The van der Waals surface area contributed by atoms with Crippen molar-refractivity contribution >= 4 is 21.4 Å². The third kappa shape index (κ3) is 3.86. The highest BCUT2D eigenvalue weighted by Crippen LogP contribution is 2.44. The van der Waals surface area contributed by atoms with E-state index in [0.717, 1.165) is 35.4 Å². The van der Waals surface area contributed by atoms with Crippen molar-refractivity contribution in [2.45, 2.75) is 55.9 Å². The van der Waals surface area contributed by atoms with Gasteiger partial charge in [-0.15, -0.1) is 11.3 Å². The third-order valence-corrected chi connectivity index (χ3v) is 8.21. The molecular weight excluding hydrogens is 373 g/mol. The minimum atomic E-state index is -3.71. The lowest BCUT2D eigenvalue weighted by molar-refractivity contribution is 0.203. The fraction of sp³-hybridized carbons (Fsp3) is 0.474. The van der Waals surface area contributed by atoms with Crippen LogP contribution in [0, 0.1) is 12.7 Å². The van der Waals surface area contributed by atoms with Crippen LogP contribution in [0.3, 0.4) is 0 Å². The fourth-order valence-electron chi connectivity index (χ4n) is 3.65. The first-order valence-electron chi connectivity index (χ1n) is 8.78. The molecule has 1 aromatic carbocycles. The van der Waals surface area contributed by atoms with E-state index in [1.807, 2.05) is 12.1 Å². The van der Waals surface area contributed by atoms with Crippen LogP contribution >= 0.6 is 11.3 Å². The molecule has 2 N–H and O–H groups in total. The Bertz CT molecular complexity index is 884. The highest BCUT2D eigenvalue weighted by Gasteiger charge is 2.38. The Kier molecular flexibility index (Phi) is 5.53. The molecule has 0 aliphatic heterocycles. The van der Waals surface area contributed by atoms with Crippen molar-refractivity contribution in [3.8, 4) is 0 Å². The number of nitrogens with one attached hydrogen (secondary N) is 1. The fourth-order valence-corrected chi connectivity index (χ4v) is 6.19. The first-order chi connectivity index (χ1) is 12.2. The molecule has 1 aliphatic carbocycles. The van der Waals surface area contributed by atoms with Crippen LogP contribution in [0.1, 0.15) is 54.0 Å². The maximum absolute atomic E-state index is 13.3. The van der Waals surface area contributed by atoms with E-state index < -0.39 is 21.9 Å². The summed E-state index contributed by atoms with van der Waals surface area (Å²) in [5, 5.41) is 9.79. The van der Waals surface area contributed by atoms with Crippen LogP contribution in [-0.4, -0.2) is 20.1 Å². The molecule has 0 saturated heterocycles. The van der Waals surface area contributed by atoms with Gasteiger partial charge in [-0.1, -0.05) is 12.8 Å². The van der Waals surface area contributed by atoms with E-state index >= 15 is 0 Å². The topological polar surface area (TPSA) is 66.4 Å². The standard InChI is InChI=1S/C19H24FNO3S2/c1-13-11-15(20)5-7-17(13)26(23,24)21-12-19(9-3-4-10-19)18-8-6-16(25-18)14(2)22/h5-8,11,14,21-22H,3-4,9-10,12H2,1-2H3. The molecule has 1 atom stereocenters. The number of rotatable bonds is 6. The lowest BCUT2D eigenvalue weighted by Crippen LogP contribution is -2.38. The number of halogens is 1. The van der Waals surface area contributed by atoms with Gasteiger partial charge in [-0.05, 0) is 62.6 Å². The van der Waals surface area contributed by atoms with E-state index in [2.05, 4.69) is 4.72 Å². The van der Waals surface area contributed by atoms with Gasteiger partial charge in [0.1, 0.15) is 5.82 Å². The normalized spacial score (nSPS) is 18.2. The van der Waals surface area contributed by atoms with E-state index in [-0.39, 0.29) is 10.3 Å². The van der Waals surface area contributed by atoms with E-state index in [1.54, 1.807) is 25.2 Å². The minimum absolute atomic E-state index is 0.114. The lowest BCUT2D eigenvalue weighted by Gasteiger charge is -2.28. The zero-order chi connectivity index (χ0) is 18.9. The average Bonchev–Trinajstić information content (AvgIpc) is 3.23. The van der Waals surface area contributed by atoms with Gasteiger partial charge in [0.2, 0.25) is 10.0 Å². The Morgan fingerprint density at radius 2 is 1.96 bits per heavy atom. The van der Waals surface area contributed by atoms with Crippen molar-refractivity contribution in [2.75, 3.05) is 6.54 Å². The van der Waals surface area contributed by atoms with Gasteiger partial charge in [-0.3, -0.25) is 0 Å². The van der Waals surface area contributed by atoms with Crippen LogP contribution in [0.5, 0.6) is 0 Å². The van der Waals surface area contributed by atoms with Gasteiger partial charge in [-0.25, -0.2) is 17.5 Å². The van der Waals surface area contributed by atoms with Crippen LogP contribution in [0.25, 0.3) is 0 Å². The molecule has 1 aliphatic rings. The Labute approximate surface area is 158 Å². The van der Waals surface area contributed by atoms with Crippen molar-refractivity contribution in [3.63, 3.8) is 0 Å². The zero-order valence-corrected chi connectivity index (χ0v) is 16.6. The number of benzene rings is 1. The Hall–Kier alpha value is -1.28. The van der Waals surface area contributed by atoms with Crippen LogP contribution in [-0.2, 0) is 15.4 Å². The highest BCUT2D eigenvalue weighted by atomic mass is 32.2. The smallest absolute Gasteiger partial charge is 0.240 e. The Morgan fingerprint density at radius 1 is 1.27 bits per heavy atom. The molecule has 26 heavy (non-hydrogen) atoms. The molecule has 142 valence electrons. The molecule has 1 unspecified atom stereocenters. The summed E-state index contributed by atoms with van der Waals surface area (Å²) in [6, 6.07) is 7.64. The SMILES string of the molecule is Cc1cc(F)ccc1S(=O)(=O)NCC1(c2ccc(C(C)O)s2)CCCC1. The minimum Gasteiger partial charge on any atom is -0.388 e. The summed E-state index contributed by atoms with van der Waals surface area (Å²) in [7, 11) is -3.71. The summed E-state index contributed by atoms with van der Waals surface area (Å²) >= 11 is 1.55. The molecule has 1 saturated carbocycles. The number of hydrogen-bond donors (Lipinski definition) is 2. The second kappa shape index (κ2) is 7.38. The van der Waals surface area contributed by atoms with Gasteiger partial charge in [0.05, 0.1) is 11.0 Å². The molecule has 0 bridgehead atoms. The molecular formula is C19H24FNO3S2. The Morgan fingerprint density at radius 3 is 2.54 bits per heavy atom. The predicted octanol–water partition coefficient (Wildman–Crippen LogP) is 4.04. The molecule has 1 aromatic heterocycles. The maximum atomic E-state index is 13.3. The number of aryl methyl sites for hydroxylation is 1. The van der Waals surface area contributed by atoms with Gasteiger partial charge in [0, 0.05) is 21.7 Å². The van der Waals surface area contributed by atoms with Crippen molar-refractivity contribution in [1.29, 1.82) is 0 Å². The number of hydrogen-bond acceptors (Lipinski definition) is 4. The van der Waals surface area contributed by atoms with Crippen molar-refractivity contribution in [1.82, 2.24) is 4.72 Å². The highest BCUT2D eigenvalue weighted by molar-refractivity contribution is 7.89. The van der Waals surface area contributed by atoms with Crippen LogP contribution in [0.15, 0.2) is 35.2 Å². The van der Waals surface area contributed by atoms with Crippen LogP contribution in [0.4, 0.5) is 4.39 Å². The van der Waals surface area contributed by atoms with Crippen molar-refractivity contribution < 1.29 is 17.9 Å². The second-order valence-electron chi connectivity index (χ2n) is 7.10. The summed E-state index contributed by atoms with van der Waals surface area (Å²) in [5.74, 6) is -0.446. The van der Waals surface area contributed by atoms with E-state index in [0.29, 0.717) is 12.1 Å². The molecule has 3 rings (SSSR count). The van der Waals surface area contributed by atoms with E-state index in [4.69, 9.17) is 0 Å². The molecule has 1 heterocycles. The third-order valence-electron chi connectivity index (χ3n) is 5.15. The molecule has 7 heteroatoms. The van der Waals surface area contributed by atoms with Crippen molar-refractivity contribution in [2.24, 2.45) is 0 Å².